The van der Waals surface area contributed by atoms with Crippen molar-refractivity contribution in [1.29, 1.82) is 0 Å². The zero-order valence-corrected chi connectivity index (χ0v) is 24.5. The lowest BCUT2D eigenvalue weighted by atomic mass is 9.97. The van der Waals surface area contributed by atoms with Crippen molar-refractivity contribution in [3.8, 4) is 11.3 Å². The van der Waals surface area contributed by atoms with Gasteiger partial charge < -0.3 is 19.9 Å². The highest BCUT2D eigenvalue weighted by molar-refractivity contribution is 5.70. The molecule has 1 amide bonds. The number of ether oxygens (including phenoxy) is 1. The quantitative estimate of drug-likeness (QED) is 0.394. The third kappa shape index (κ3) is 5.92. The number of aromatic nitrogens is 5. The van der Waals surface area contributed by atoms with E-state index in [1.807, 2.05) is 21.7 Å². The van der Waals surface area contributed by atoms with Gasteiger partial charge in [-0.15, -0.1) is 0 Å². The van der Waals surface area contributed by atoms with Crippen LogP contribution in [0.5, 0.6) is 0 Å². The maximum atomic E-state index is 13.2. The minimum atomic E-state index is -0.143. The van der Waals surface area contributed by atoms with Crippen molar-refractivity contribution in [1.82, 2.24) is 39.3 Å². The monoisotopic (exact) mass is 559 g/mol. The van der Waals surface area contributed by atoms with Crippen molar-refractivity contribution < 1.29 is 9.53 Å². The first-order valence-corrected chi connectivity index (χ1v) is 14.8. The number of likely N-dealkylation sites (N-methyl/N-ethyl adjacent to an activating group) is 1. The molecule has 6 rings (SSSR count). The van der Waals surface area contributed by atoms with Crippen LogP contribution in [0.15, 0.2) is 43.1 Å². The molecule has 1 N–H and O–H groups in total. The van der Waals surface area contributed by atoms with E-state index in [0.717, 1.165) is 80.1 Å². The van der Waals surface area contributed by atoms with Crippen LogP contribution in [0.4, 0.5) is 10.6 Å². The molecular formula is C30H41N9O2. The Balaban J connectivity index is 1.10. The molecular weight excluding hydrogens is 518 g/mol. The number of amides is 1. The highest BCUT2D eigenvalue weighted by Gasteiger charge is 2.45. The molecule has 2 unspecified atom stereocenters. The van der Waals surface area contributed by atoms with Gasteiger partial charge in [-0.2, -0.15) is 9.61 Å². The maximum Gasteiger partial charge on any atom is 0.410 e. The van der Waals surface area contributed by atoms with Gasteiger partial charge in [-0.05, 0) is 45.7 Å². The van der Waals surface area contributed by atoms with Crippen molar-refractivity contribution in [2.45, 2.75) is 69.7 Å². The Hall–Kier alpha value is -3.57. The van der Waals surface area contributed by atoms with E-state index in [9.17, 15) is 4.79 Å². The predicted molar refractivity (Wildman–Crippen MR) is 158 cm³/mol. The highest BCUT2D eigenvalue weighted by Crippen LogP contribution is 2.38. The van der Waals surface area contributed by atoms with Crippen LogP contribution in [0, 0.1) is 0 Å². The Bertz CT molecular complexity index is 1370. The van der Waals surface area contributed by atoms with Gasteiger partial charge in [0.2, 0.25) is 0 Å². The molecule has 3 aromatic rings. The summed E-state index contributed by atoms with van der Waals surface area (Å²) in [6.45, 7) is 7.76. The van der Waals surface area contributed by atoms with Crippen molar-refractivity contribution in [2.24, 2.45) is 0 Å². The molecule has 3 saturated heterocycles. The number of hydrogen-bond acceptors (Lipinski definition) is 9. The van der Waals surface area contributed by atoms with Gasteiger partial charge >= 0.3 is 6.09 Å². The summed E-state index contributed by atoms with van der Waals surface area (Å²) in [6.07, 6.45) is 15.0. The van der Waals surface area contributed by atoms with Gasteiger partial charge in [0.05, 0.1) is 11.9 Å². The van der Waals surface area contributed by atoms with Gasteiger partial charge in [-0.3, -0.25) is 4.90 Å². The number of fused-ring (bicyclic) bond motifs is 3. The third-order valence-corrected chi connectivity index (χ3v) is 8.47. The summed E-state index contributed by atoms with van der Waals surface area (Å²) in [6, 6.07) is 2.63. The maximum absolute atomic E-state index is 13.2. The Labute approximate surface area is 241 Å². The van der Waals surface area contributed by atoms with E-state index in [1.165, 1.54) is 6.33 Å². The second-order valence-electron chi connectivity index (χ2n) is 12.2. The average Bonchev–Trinajstić information content (AvgIpc) is 3.48. The molecule has 6 heterocycles. The molecule has 3 aliphatic rings. The molecule has 0 spiro atoms. The average molecular weight is 560 g/mol. The van der Waals surface area contributed by atoms with Gasteiger partial charge in [-0.1, -0.05) is 26.0 Å². The van der Waals surface area contributed by atoms with E-state index in [4.69, 9.17) is 9.72 Å². The van der Waals surface area contributed by atoms with Crippen molar-refractivity contribution in [3.05, 3.63) is 48.7 Å². The Kier molecular flexibility index (Phi) is 7.90. The molecule has 0 saturated carbocycles. The van der Waals surface area contributed by atoms with E-state index >= 15 is 0 Å². The fraction of sp³-hybridized carbons (Fsp3) is 0.567. The predicted octanol–water partition coefficient (Wildman–Crippen LogP) is 3.66. The molecule has 3 aliphatic heterocycles. The summed E-state index contributed by atoms with van der Waals surface area (Å²) in [5.74, 6) is 1.19. The van der Waals surface area contributed by atoms with E-state index in [1.54, 1.807) is 12.4 Å². The third-order valence-electron chi connectivity index (χ3n) is 8.47. The summed E-state index contributed by atoms with van der Waals surface area (Å²) in [4.78, 5) is 33.0. The van der Waals surface area contributed by atoms with Crippen molar-refractivity contribution >= 4 is 17.6 Å². The Morgan fingerprint density at radius 1 is 1.12 bits per heavy atom. The molecule has 0 radical (unpaired) electrons. The van der Waals surface area contributed by atoms with Crippen LogP contribution < -0.4 is 5.32 Å². The summed E-state index contributed by atoms with van der Waals surface area (Å²) < 4.78 is 7.85. The highest BCUT2D eigenvalue weighted by atomic mass is 16.6. The second-order valence-corrected chi connectivity index (χ2v) is 12.2. The molecule has 11 nitrogen and oxygen atoms in total. The largest absolute Gasteiger partial charge is 0.443 e. The van der Waals surface area contributed by atoms with Crippen LogP contribution in [0.25, 0.3) is 16.9 Å². The second kappa shape index (κ2) is 11.7. The van der Waals surface area contributed by atoms with Crippen molar-refractivity contribution in [2.75, 3.05) is 45.6 Å². The summed E-state index contributed by atoms with van der Waals surface area (Å²) >= 11 is 0. The topological polar surface area (TPSA) is 104 Å². The van der Waals surface area contributed by atoms with Crippen LogP contribution in [0.2, 0.25) is 0 Å². The number of carbonyl (C=O) groups excluding carboxylic acids is 1. The minimum Gasteiger partial charge on any atom is -0.443 e. The van der Waals surface area contributed by atoms with E-state index in [-0.39, 0.29) is 30.3 Å². The molecule has 11 heteroatoms. The molecule has 2 bridgehead atoms. The molecule has 0 aromatic carbocycles. The standard InChI is InChI=1S/C30H41N9O2/c1-20(2)26-16-33-39-28(13-27(35-29(26)39)21-14-31-19-32-15-21)34-22-11-23-7-8-24(12-22)38(23)30(40)41-25-17-37(18-25)10-6-5-9-36(3)4/h5-6,13-16,19-20,22-25,34H,7-12,17-18H2,1-4H3/b6-5+. The number of likely N-dealkylation sites (tertiary alicyclic amines) is 1. The van der Waals surface area contributed by atoms with E-state index < -0.39 is 0 Å². The molecule has 2 atom stereocenters. The zero-order valence-electron chi connectivity index (χ0n) is 24.5. The summed E-state index contributed by atoms with van der Waals surface area (Å²) in [7, 11) is 4.12. The number of piperidine rings is 1. The smallest absolute Gasteiger partial charge is 0.410 e. The molecule has 41 heavy (non-hydrogen) atoms. The molecule has 3 aromatic heterocycles. The molecule has 218 valence electrons. The Morgan fingerprint density at radius 3 is 2.54 bits per heavy atom. The molecule has 0 aliphatic carbocycles. The van der Waals surface area contributed by atoms with Crippen LogP contribution >= 0.6 is 0 Å². The molecule has 3 fully saturated rings. The van der Waals surface area contributed by atoms with Gasteiger partial charge in [-0.25, -0.2) is 19.7 Å². The van der Waals surface area contributed by atoms with E-state index in [0.29, 0.717) is 5.92 Å². The number of anilines is 1. The first-order chi connectivity index (χ1) is 19.9. The van der Waals surface area contributed by atoms with Crippen LogP contribution in [0.3, 0.4) is 0 Å². The minimum absolute atomic E-state index is 0.0135. The first-order valence-electron chi connectivity index (χ1n) is 14.8. The van der Waals surface area contributed by atoms with Gasteiger partial charge in [0.1, 0.15) is 18.2 Å². The summed E-state index contributed by atoms with van der Waals surface area (Å²) in [5.41, 5.74) is 3.62. The lowest BCUT2D eigenvalue weighted by Gasteiger charge is -2.42. The Morgan fingerprint density at radius 2 is 1.85 bits per heavy atom. The fourth-order valence-electron chi connectivity index (χ4n) is 6.33. The number of rotatable bonds is 9. The van der Waals surface area contributed by atoms with Crippen LogP contribution in [-0.4, -0.2) is 110 Å². The fourth-order valence-corrected chi connectivity index (χ4v) is 6.33. The zero-order chi connectivity index (χ0) is 28.5. The van der Waals surface area contributed by atoms with Crippen LogP contribution in [-0.2, 0) is 4.74 Å². The van der Waals surface area contributed by atoms with Gasteiger partial charge in [0.15, 0.2) is 5.65 Å². The van der Waals surface area contributed by atoms with Crippen molar-refractivity contribution in [3.63, 3.8) is 0 Å². The number of carbonyl (C=O) groups is 1. The first kappa shape index (κ1) is 27.6. The van der Waals surface area contributed by atoms with E-state index in [2.05, 4.69) is 70.3 Å². The lowest BCUT2D eigenvalue weighted by molar-refractivity contribution is -0.0306. The SMILES string of the molecule is CC(C)c1cnn2c(NC3CC4CCC(C3)N4C(=O)OC3CN(C/C=C/CN(C)C)C3)cc(-c3cncnc3)nc12. The lowest BCUT2D eigenvalue weighted by Crippen LogP contribution is -2.56. The summed E-state index contributed by atoms with van der Waals surface area (Å²) in [5, 5.41) is 8.46. The number of hydrogen-bond donors (Lipinski definition) is 1. The number of nitrogens with one attached hydrogen (secondary N) is 1. The normalized spacial score (nSPS) is 23.2. The van der Waals surface area contributed by atoms with Gasteiger partial charge in [0, 0.05) is 73.9 Å². The van der Waals surface area contributed by atoms with Gasteiger partial charge in [0.25, 0.3) is 0 Å². The number of nitrogens with zero attached hydrogens (tertiary/aromatic N) is 8. The van der Waals surface area contributed by atoms with Crippen LogP contribution in [0.1, 0.15) is 51.0 Å².